The van der Waals surface area contributed by atoms with Crippen LogP contribution in [0.3, 0.4) is 0 Å². The Labute approximate surface area is 60.1 Å². The van der Waals surface area contributed by atoms with E-state index in [2.05, 4.69) is 5.32 Å². The molecule has 0 aliphatic carbocycles. The van der Waals surface area contributed by atoms with Crippen molar-refractivity contribution < 1.29 is 10.2 Å². The van der Waals surface area contributed by atoms with Crippen LogP contribution in [0, 0.1) is 0 Å². The third kappa shape index (κ3) is 0.856. The molecular weight excluding hydrogens is 130 g/mol. The third-order valence-corrected chi connectivity index (χ3v) is 2.59. The minimum Gasteiger partial charge on any atom is -0.391 e. The summed E-state index contributed by atoms with van der Waals surface area (Å²) in [6.45, 7) is 0. The topological polar surface area (TPSA) is 52.5 Å². The van der Waals surface area contributed by atoms with E-state index < -0.39 is 0 Å². The van der Waals surface area contributed by atoms with Crippen molar-refractivity contribution in [2.24, 2.45) is 0 Å². The lowest BCUT2D eigenvalue weighted by molar-refractivity contribution is 0.0524. The van der Waals surface area contributed by atoms with Crippen molar-refractivity contribution in [1.82, 2.24) is 5.32 Å². The maximum Gasteiger partial charge on any atom is 0.0733 e. The maximum absolute atomic E-state index is 9.35. The van der Waals surface area contributed by atoms with Crippen molar-refractivity contribution in [2.45, 2.75) is 43.6 Å². The van der Waals surface area contributed by atoms with Crippen LogP contribution in [0.4, 0.5) is 0 Å². The molecule has 0 amide bonds. The van der Waals surface area contributed by atoms with Gasteiger partial charge in [-0.2, -0.15) is 0 Å². The average molecular weight is 143 g/mol. The predicted molar refractivity (Wildman–Crippen MR) is 36.6 cm³/mol. The highest BCUT2D eigenvalue weighted by molar-refractivity contribution is 4.99. The Balaban J connectivity index is 2.10. The zero-order valence-corrected chi connectivity index (χ0v) is 5.83. The average Bonchev–Trinajstić information content (AvgIpc) is 2.21. The molecule has 2 bridgehead atoms. The zero-order chi connectivity index (χ0) is 7.14. The van der Waals surface area contributed by atoms with Crippen LogP contribution < -0.4 is 5.32 Å². The van der Waals surface area contributed by atoms with Crippen LogP contribution in [0.1, 0.15) is 19.3 Å². The molecule has 3 nitrogen and oxygen atoms in total. The summed E-state index contributed by atoms with van der Waals surface area (Å²) in [6, 6.07) is 0.419. The highest BCUT2D eigenvalue weighted by Crippen LogP contribution is 2.26. The lowest BCUT2D eigenvalue weighted by Gasteiger charge is -2.26. The lowest BCUT2D eigenvalue weighted by Crippen LogP contribution is -2.46. The molecular formula is C7H13NO2. The minimum absolute atomic E-state index is 0.0428. The van der Waals surface area contributed by atoms with Gasteiger partial charge in [-0.05, 0) is 19.3 Å². The van der Waals surface area contributed by atoms with E-state index in [4.69, 9.17) is 0 Å². The van der Waals surface area contributed by atoms with Crippen molar-refractivity contribution in [3.8, 4) is 0 Å². The van der Waals surface area contributed by atoms with Crippen molar-refractivity contribution in [3.05, 3.63) is 0 Å². The van der Waals surface area contributed by atoms with Gasteiger partial charge in [0.2, 0.25) is 0 Å². The summed E-state index contributed by atoms with van der Waals surface area (Å²) in [5, 5.41) is 21.9. The van der Waals surface area contributed by atoms with Crippen molar-refractivity contribution in [1.29, 1.82) is 0 Å². The first kappa shape index (κ1) is 6.58. The van der Waals surface area contributed by atoms with Crippen LogP contribution in [-0.2, 0) is 0 Å². The largest absolute Gasteiger partial charge is 0.391 e. The van der Waals surface area contributed by atoms with Gasteiger partial charge in [0.25, 0.3) is 0 Å². The smallest absolute Gasteiger partial charge is 0.0733 e. The van der Waals surface area contributed by atoms with E-state index in [0.29, 0.717) is 6.04 Å². The summed E-state index contributed by atoms with van der Waals surface area (Å²) in [5.41, 5.74) is 0. The van der Waals surface area contributed by atoms with Gasteiger partial charge in [-0.25, -0.2) is 0 Å². The van der Waals surface area contributed by atoms with E-state index in [-0.39, 0.29) is 18.2 Å². The van der Waals surface area contributed by atoms with Crippen molar-refractivity contribution in [2.75, 3.05) is 0 Å². The van der Waals surface area contributed by atoms with Gasteiger partial charge in [-0.3, -0.25) is 0 Å². The molecule has 2 fully saturated rings. The van der Waals surface area contributed by atoms with Crippen LogP contribution in [-0.4, -0.2) is 34.5 Å². The van der Waals surface area contributed by atoms with E-state index in [1.54, 1.807) is 0 Å². The van der Waals surface area contributed by atoms with E-state index in [0.717, 1.165) is 19.3 Å². The lowest BCUT2D eigenvalue weighted by atomic mass is 10.0. The van der Waals surface area contributed by atoms with Gasteiger partial charge in [0.15, 0.2) is 0 Å². The molecule has 2 rings (SSSR count). The van der Waals surface area contributed by atoms with Gasteiger partial charge in [0, 0.05) is 6.04 Å². The molecule has 0 aromatic rings. The number of hydrogen-bond donors (Lipinski definition) is 3. The molecule has 3 N–H and O–H groups in total. The maximum atomic E-state index is 9.35. The van der Waals surface area contributed by atoms with Gasteiger partial charge in [-0.1, -0.05) is 0 Å². The summed E-state index contributed by atoms with van der Waals surface area (Å²) in [5.74, 6) is 0. The number of hydrogen-bond acceptors (Lipinski definition) is 3. The third-order valence-electron chi connectivity index (χ3n) is 2.59. The SMILES string of the molecule is O[C@@H]1CC[C@H]2C[C@H](O)[C@@H]1N2. The Morgan fingerprint density at radius 1 is 1.10 bits per heavy atom. The number of rotatable bonds is 0. The fourth-order valence-electron chi connectivity index (χ4n) is 2.01. The molecule has 10 heavy (non-hydrogen) atoms. The number of aliphatic hydroxyl groups excluding tert-OH is 2. The molecule has 4 atom stereocenters. The molecule has 2 saturated heterocycles. The summed E-state index contributed by atoms with van der Waals surface area (Å²) in [6.07, 6.45) is 2.03. The van der Waals surface area contributed by atoms with Crippen LogP contribution in [0.5, 0.6) is 0 Å². The van der Waals surface area contributed by atoms with E-state index in [9.17, 15) is 10.2 Å². The molecule has 0 spiro atoms. The Hall–Kier alpha value is -0.120. The molecule has 0 unspecified atom stereocenters. The monoisotopic (exact) mass is 143 g/mol. The van der Waals surface area contributed by atoms with Crippen LogP contribution in [0.2, 0.25) is 0 Å². The zero-order valence-electron chi connectivity index (χ0n) is 5.83. The molecule has 3 heteroatoms. The summed E-state index contributed by atoms with van der Waals surface area (Å²) < 4.78 is 0. The van der Waals surface area contributed by atoms with Crippen molar-refractivity contribution >= 4 is 0 Å². The van der Waals surface area contributed by atoms with Gasteiger partial charge in [0.05, 0.1) is 18.2 Å². The first-order valence-corrected chi connectivity index (χ1v) is 3.89. The second-order valence-corrected chi connectivity index (χ2v) is 3.34. The van der Waals surface area contributed by atoms with Gasteiger partial charge in [-0.15, -0.1) is 0 Å². The molecule has 0 aromatic carbocycles. The fourth-order valence-corrected chi connectivity index (χ4v) is 2.01. The van der Waals surface area contributed by atoms with Gasteiger partial charge in [0.1, 0.15) is 0 Å². The summed E-state index contributed by atoms with van der Waals surface area (Å²) >= 11 is 0. The molecule has 2 aliphatic rings. The predicted octanol–water partition coefficient (Wildman–Crippen LogP) is -0.768. The van der Waals surface area contributed by atoms with Crippen molar-refractivity contribution in [3.63, 3.8) is 0 Å². The van der Waals surface area contributed by atoms with Crippen LogP contribution >= 0.6 is 0 Å². The normalized spacial score (nSPS) is 53.4. The number of aliphatic hydroxyl groups is 2. The van der Waals surface area contributed by atoms with Gasteiger partial charge < -0.3 is 15.5 Å². The summed E-state index contributed by atoms with van der Waals surface area (Å²) in [7, 11) is 0. The van der Waals surface area contributed by atoms with E-state index in [1.165, 1.54) is 0 Å². The molecule has 0 aromatic heterocycles. The standard InChI is InChI=1S/C7H13NO2/c9-5-2-1-4-3-6(10)7(5)8-4/h4-10H,1-3H2/t4-,5+,6-,7+/m0/s1. The summed E-state index contributed by atoms with van der Waals surface area (Å²) in [4.78, 5) is 0. The highest BCUT2D eigenvalue weighted by Gasteiger charge is 2.40. The van der Waals surface area contributed by atoms with E-state index in [1.807, 2.05) is 0 Å². The first-order chi connectivity index (χ1) is 4.77. The quantitative estimate of drug-likeness (QED) is 0.417. The fraction of sp³-hybridized carbons (Fsp3) is 1.00. The highest BCUT2D eigenvalue weighted by atomic mass is 16.3. The Morgan fingerprint density at radius 3 is 2.60 bits per heavy atom. The molecule has 58 valence electrons. The van der Waals surface area contributed by atoms with Gasteiger partial charge >= 0.3 is 0 Å². The molecule has 0 saturated carbocycles. The van der Waals surface area contributed by atoms with Crippen LogP contribution in [0.15, 0.2) is 0 Å². The first-order valence-electron chi connectivity index (χ1n) is 3.89. The number of fused-ring (bicyclic) bond motifs is 2. The molecule has 2 heterocycles. The molecule has 2 aliphatic heterocycles. The second-order valence-electron chi connectivity index (χ2n) is 3.34. The number of nitrogens with one attached hydrogen (secondary N) is 1. The van der Waals surface area contributed by atoms with E-state index >= 15 is 0 Å². The van der Waals surface area contributed by atoms with Crippen LogP contribution in [0.25, 0.3) is 0 Å². The molecule has 0 radical (unpaired) electrons. The second kappa shape index (κ2) is 2.19. The Bertz CT molecular complexity index is 136. The Kier molecular flexibility index (Phi) is 1.44. The minimum atomic E-state index is -0.325. The Morgan fingerprint density at radius 2 is 1.90 bits per heavy atom. The number of piperidine rings is 1.